The third kappa shape index (κ3) is 3.15. The van der Waals surface area contributed by atoms with Crippen molar-refractivity contribution in [3.63, 3.8) is 0 Å². The van der Waals surface area contributed by atoms with E-state index in [0.29, 0.717) is 17.1 Å². The van der Waals surface area contributed by atoms with Crippen LogP contribution in [-0.4, -0.2) is 39.8 Å². The number of ether oxygens (including phenoxy) is 2. The van der Waals surface area contributed by atoms with E-state index in [2.05, 4.69) is 22.3 Å². The molecule has 2 aromatic rings. The Balaban J connectivity index is 1.76. The third-order valence-electron chi connectivity index (χ3n) is 4.35. The van der Waals surface area contributed by atoms with Crippen molar-refractivity contribution in [1.82, 2.24) is 5.32 Å². The molecule has 1 atom stereocenters. The minimum Gasteiger partial charge on any atom is -0.497 e. The fourth-order valence-corrected chi connectivity index (χ4v) is 3.16. The Bertz CT molecular complexity index is 745. The number of amides is 1. The van der Waals surface area contributed by atoms with E-state index in [4.69, 9.17) is 9.47 Å². The number of hydrogen-bond donors (Lipinski definition) is 1. The van der Waals surface area contributed by atoms with Gasteiger partial charge in [-0.2, -0.15) is 0 Å². The number of methoxy groups -OCH3 is 2. The number of anilines is 1. The molecule has 1 aliphatic rings. The van der Waals surface area contributed by atoms with Crippen LogP contribution >= 0.6 is 0 Å². The molecular formula is C19H22N2O3. The van der Waals surface area contributed by atoms with Gasteiger partial charge in [0.25, 0.3) is 5.91 Å². The van der Waals surface area contributed by atoms with Gasteiger partial charge < -0.3 is 19.7 Å². The standard InChI is InChI=1S/C19H22N2O3/c1-21-12-14(10-13-6-4-5-7-17(13)21)20-19(22)16-9-8-15(23-2)11-18(16)24-3/h4-9,11,14H,10,12H2,1-3H3,(H,20,22). The summed E-state index contributed by atoms with van der Waals surface area (Å²) < 4.78 is 10.5. The van der Waals surface area contributed by atoms with Gasteiger partial charge in [-0.15, -0.1) is 0 Å². The van der Waals surface area contributed by atoms with E-state index in [9.17, 15) is 4.79 Å². The molecule has 1 aliphatic heterocycles. The number of nitrogens with zero attached hydrogens (tertiary/aromatic N) is 1. The van der Waals surface area contributed by atoms with Crippen molar-refractivity contribution < 1.29 is 14.3 Å². The lowest BCUT2D eigenvalue weighted by molar-refractivity contribution is 0.0934. The average Bonchev–Trinajstić information content (AvgIpc) is 2.61. The van der Waals surface area contributed by atoms with Gasteiger partial charge in [-0.05, 0) is 30.2 Å². The third-order valence-corrected chi connectivity index (χ3v) is 4.35. The van der Waals surface area contributed by atoms with Gasteiger partial charge in [0.2, 0.25) is 0 Å². The van der Waals surface area contributed by atoms with Crippen molar-refractivity contribution in [1.29, 1.82) is 0 Å². The molecule has 1 amide bonds. The van der Waals surface area contributed by atoms with Gasteiger partial charge in [0.05, 0.1) is 25.8 Å². The van der Waals surface area contributed by atoms with E-state index in [0.717, 1.165) is 13.0 Å². The molecule has 1 unspecified atom stereocenters. The van der Waals surface area contributed by atoms with Crippen molar-refractivity contribution in [2.45, 2.75) is 12.5 Å². The minimum atomic E-state index is -0.132. The monoisotopic (exact) mass is 326 g/mol. The van der Waals surface area contributed by atoms with E-state index < -0.39 is 0 Å². The highest BCUT2D eigenvalue weighted by atomic mass is 16.5. The average molecular weight is 326 g/mol. The minimum absolute atomic E-state index is 0.0595. The lowest BCUT2D eigenvalue weighted by Gasteiger charge is -2.33. The maximum atomic E-state index is 12.7. The van der Waals surface area contributed by atoms with Crippen LogP contribution in [0.25, 0.3) is 0 Å². The number of fused-ring (bicyclic) bond motifs is 1. The highest BCUT2D eigenvalue weighted by molar-refractivity contribution is 5.97. The molecule has 5 heteroatoms. The molecule has 0 saturated heterocycles. The fourth-order valence-electron chi connectivity index (χ4n) is 3.16. The molecular weight excluding hydrogens is 304 g/mol. The number of carbonyl (C=O) groups excluding carboxylic acids is 1. The molecule has 0 fully saturated rings. The van der Waals surface area contributed by atoms with Gasteiger partial charge >= 0.3 is 0 Å². The normalized spacial score (nSPS) is 16.3. The van der Waals surface area contributed by atoms with Crippen molar-refractivity contribution in [2.75, 3.05) is 32.7 Å². The summed E-state index contributed by atoms with van der Waals surface area (Å²) in [6, 6.07) is 13.6. The first-order chi connectivity index (χ1) is 11.6. The van der Waals surface area contributed by atoms with Crippen LogP contribution in [0.3, 0.4) is 0 Å². The second-order valence-electron chi connectivity index (χ2n) is 5.95. The van der Waals surface area contributed by atoms with E-state index in [1.165, 1.54) is 11.3 Å². The van der Waals surface area contributed by atoms with E-state index in [1.807, 2.05) is 19.2 Å². The van der Waals surface area contributed by atoms with E-state index in [1.54, 1.807) is 32.4 Å². The molecule has 0 saturated carbocycles. The molecule has 0 spiro atoms. The van der Waals surface area contributed by atoms with Crippen LogP contribution in [0.2, 0.25) is 0 Å². The van der Waals surface area contributed by atoms with Gasteiger partial charge in [-0.25, -0.2) is 0 Å². The lowest BCUT2D eigenvalue weighted by Crippen LogP contribution is -2.47. The summed E-state index contributed by atoms with van der Waals surface area (Å²) in [6.07, 6.45) is 0.824. The first-order valence-electron chi connectivity index (χ1n) is 7.94. The summed E-state index contributed by atoms with van der Waals surface area (Å²) in [7, 11) is 5.19. The summed E-state index contributed by atoms with van der Waals surface area (Å²) >= 11 is 0. The Morgan fingerprint density at radius 2 is 1.96 bits per heavy atom. The second-order valence-corrected chi connectivity index (χ2v) is 5.95. The molecule has 5 nitrogen and oxygen atoms in total. The summed E-state index contributed by atoms with van der Waals surface area (Å²) in [5.74, 6) is 1.04. The summed E-state index contributed by atoms with van der Waals surface area (Å²) in [5.41, 5.74) is 2.99. The topological polar surface area (TPSA) is 50.8 Å². The van der Waals surface area contributed by atoms with Crippen LogP contribution in [0, 0.1) is 0 Å². The highest BCUT2D eigenvalue weighted by Gasteiger charge is 2.24. The molecule has 1 heterocycles. The predicted molar refractivity (Wildman–Crippen MR) is 94.2 cm³/mol. The molecule has 0 radical (unpaired) electrons. The van der Waals surface area contributed by atoms with Gasteiger partial charge in [0.1, 0.15) is 11.5 Å². The lowest BCUT2D eigenvalue weighted by atomic mass is 9.98. The van der Waals surface area contributed by atoms with Crippen molar-refractivity contribution >= 4 is 11.6 Å². The molecule has 24 heavy (non-hydrogen) atoms. The van der Waals surface area contributed by atoms with E-state index >= 15 is 0 Å². The van der Waals surface area contributed by atoms with Crippen molar-refractivity contribution in [3.05, 3.63) is 53.6 Å². The quantitative estimate of drug-likeness (QED) is 0.938. The Morgan fingerprint density at radius 3 is 2.71 bits per heavy atom. The fraction of sp³-hybridized carbons (Fsp3) is 0.316. The van der Waals surface area contributed by atoms with Crippen LogP contribution < -0.4 is 19.7 Å². The zero-order valence-electron chi connectivity index (χ0n) is 14.2. The smallest absolute Gasteiger partial charge is 0.255 e. The van der Waals surface area contributed by atoms with Gasteiger partial charge in [0, 0.05) is 25.3 Å². The number of para-hydroxylation sites is 1. The zero-order valence-corrected chi connectivity index (χ0v) is 14.2. The molecule has 126 valence electrons. The molecule has 0 aromatic heterocycles. The highest BCUT2D eigenvalue weighted by Crippen LogP contribution is 2.27. The number of carbonyl (C=O) groups is 1. The Hall–Kier alpha value is -2.69. The van der Waals surface area contributed by atoms with Crippen molar-refractivity contribution in [3.8, 4) is 11.5 Å². The van der Waals surface area contributed by atoms with Crippen LogP contribution in [0.1, 0.15) is 15.9 Å². The van der Waals surface area contributed by atoms with Crippen LogP contribution in [-0.2, 0) is 6.42 Å². The van der Waals surface area contributed by atoms with Crippen molar-refractivity contribution in [2.24, 2.45) is 0 Å². The molecule has 0 aliphatic carbocycles. The Kier molecular flexibility index (Phi) is 4.60. The van der Waals surface area contributed by atoms with Crippen LogP contribution in [0.5, 0.6) is 11.5 Å². The molecule has 1 N–H and O–H groups in total. The first-order valence-corrected chi connectivity index (χ1v) is 7.94. The van der Waals surface area contributed by atoms with Gasteiger partial charge in [0.15, 0.2) is 0 Å². The van der Waals surface area contributed by atoms with Gasteiger partial charge in [-0.3, -0.25) is 4.79 Å². The number of nitrogens with one attached hydrogen (secondary N) is 1. The number of benzene rings is 2. The molecule has 0 bridgehead atoms. The second kappa shape index (κ2) is 6.83. The number of hydrogen-bond acceptors (Lipinski definition) is 4. The SMILES string of the molecule is COc1ccc(C(=O)NC2Cc3ccccc3N(C)C2)c(OC)c1. The van der Waals surface area contributed by atoms with E-state index in [-0.39, 0.29) is 11.9 Å². The number of likely N-dealkylation sites (N-methyl/N-ethyl adjacent to an activating group) is 1. The Morgan fingerprint density at radius 1 is 1.17 bits per heavy atom. The van der Waals surface area contributed by atoms with Crippen LogP contribution in [0.4, 0.5) is 5.69 Å². The molecule has 3 rings (SSSR count). The molecule has 2 aromatic carbocycles. The zero-order chi connectivity index (χ0) is 17.1. The van der Waals surface area contributed by atoms with Crippen LogP contribution in [0.15, 0.2) is 42.5 Å². The Labute approximate surface area is 142 Å². The summed E-state index contributed by atoms with van der Waals surface area (Å²) in [6.45, 7) is 0.779. The largest absolute Gasteiger partial charge is 0.497 e. The summed E-state index contributed by atoms with van der Waals surface area (Å²) in [4.78, 5) is 14.8. The first kappa shape index (κ1) is 16.2. The number of rotatable bonds is 4. The maximum Gasteiger partial charge on any atom is 0.255 e. The maximum absolute atomic E-state index is 12.7. The summed E-state index contributed by atoms with van der Waals surface area (Å²) in [5, 5.41) is 3.12. The van der Waals surface area contributed by atoms with Gasteiger partial charge in [-0.1, -0.05) is 18.2 Å². The predicted octanol–water partition coefficient (Wildman–Crippen LogP) is 2.49.